The van der Waals surface area contributed by atoms with Crippen LogP contribution in [0.2, 0.25) is 0 Å². The molecule has 0 aliphatic rings. The molecule has 3 aromatic carbocycles. The largest absolute Gasteiger partial charge is 0.492 e. The Bertz CT molecular complexity index is 1300. The number of rotatable bonds is 9. The van der Waals surface area contributed by atoms with Crippen LogP contribution in [-0.2, 0) is 14.4 Å². The molecule has 9 heteroatoms. The van der Waals surface area contributed by atoms with Crippen LogP contribution >= 0.6 is 0 Å². The summed E-state index contributed by atoms with van der Waals surface area (Å²) in [4.78, 5) is 36.7. The van der Waals surface area contributed by atoms with E-state index in [1.54, 1.807) is 48.5 Å². The molecule has 0 saturated carbocycles. The van der Waals surface area contributed by atoms with Crippen LogP contribution < -0.4 is 25.5 Å². The van der Waals surface area contributed by atoms with Crippen LogP contribution in [0.15, 0.2) is 65.8 Å². The molecular formula is C28H30N4O5. The molecule has 0 aliphatic carbocycles. The molecule has 9 nitrogen and oxygen atoms in total. The molecule has 0 spiro atoms. The van der Waals surface area contributed by atoms with Crippen LogP contribution in [0.4, 0.5) is 11.4 Å². The first-order valence-electron chi connectivity index (χ1n) is 11.7. The number of para-hydroxylation sites is 2. The van der Waals surface area contributed by atoms with Crippen LogP contribution in [0, 0.1) is 20.8 Å². The van der Waals surface area contributed by atoms with Crippen molar-refractivity contribution in [2.75, 3.05) is 23.8 Å². The number of hydrazone groups is 1. The van der Waals surface area contributed by atoms with E-state index in [9.17, 15) is 14.4 Å². The molecule has 192 valence electrons. The first-order chi connectivity index (χ1) is 17.8. The summed E-state index contributed by atoms with van der Waals surface area (Å²) >= 11 is 0. The van der Waals surface area contributed by atoms with Crippen molar-refractivity contribution < 1.29 is 23.9 Å². The molecule has 3 rings (SSSR count). The number of carbonyl (C=O) groups is 3. The maximum atomic E-state index is 12.4. The van der Waals surface area contributed by atoms with E-state index in [1.165, 1.54) is 6.21 Å². The quantitative estimate of drug-likeness (QED) is 0.231. The fourth-order valence-electron chi connectivity index (χ4n) is 3.63. The highest BCUT2D eigenvalue weighted by molar-refractivity contribution is 6.39. The smallest absolute Gasteiger partial charge is 0.329 e. The Kier molecular flexibility index (Phi) is 9.37. The molecule has 3 N–H and O–H groups in total. The Labute approximate surface area is 215 Å². The van der Waals surface area contributed by atoms with E-state index in [1.807, 2.05) is 39.8 Å². The zero-order valence-electron chi connectivity index (χ0n) is 21.3. The SMILES string of the molecule is CCOc1ccccc1NC(=O)C(=O)N/N=C\c1cccc(OCC(=O)Nc2c(C)cc(C)cc2C)c1. The Morgan fingerprint density at radius 1 is 0.865 bits per heavy atom. The Balaban J connectivity index is 1.51. The van der Waals surface area contributed by atoms with E-state index in [2.05, 4.69) is 21.2 Å². The van der Waals surface area contributed by atoms with Gasteiger partial charge >= 0.3 is 11.8 Å². The first kappa shape index (κ1) is 26.9. The van der Waals surface area contributed by atoms with Gasteiger partial charge in [-0.3, -0.25) is 14.4 Å². The standard InChI is InChI=1S/C28H30N4O5/c1-5-36-24-12-7-6-11-23(24)30-27(34)28(35)32-29-16-21-9-8-10-22(15-21)37-17-25(33)31-26-19(3)13-18(2)14-20(26)4/h6-16H,5,17H2,1-4H3,(H,30,34)(H,31,33)(H,32,35)/b29-16-. The van der Waals surface area contributed by atoms with Gasteiger partial charge in [-0.25, -0.2) is 5.43 Å². The van der Waals surface area contributed by atoms with Gasteiger partial charge in [-0.05, 0) is 68.7 Å². The molecule has 0 heterocycles. The lowest BCUT2D eigenvalue weighted by molar-refractivity contribution is -0.136. The Morgan fingerprint density at radius 2 is 1.59 bits per heavy atom. The molecule has 0 radical (unpaired) electrons. The number of nitrogens with one attached hydrogen (secondary N) is 3. The molecule has 0 unspecified atom stereocenters. The molecule has 3 aromatic rings. The molecule has 0 atom stereocenters. The molecule has 0 saturated heterocycles. The Hall–Kier alpha value is -4.66. The molecule has 37 heavy (non-hydrogen) atoms. The van der Waals surface area contributed by atoms with Gasteiger partial charge in [0, 0.05) is 5.69 Å². The summed E-state index contributed by atoms with van der Waals surface area (Å²) in [7, 11) is 0. The number of amides is 3. The van der Waals surface area contributed by atoms with Gasteiger partial charge in [0.15, 0.2) is 6.61 Å². The van der Waals surface area contributed by atoms with Gasteiger partial charge in [0.05, 0.1) is 18.5 Å². The number of aryl methyl sites for hydroxylation is 3. The fraction of sp³-hybridized carbons (Fsp3) is 0.214. The third kappa shape index (κ3) is 7.93. The van der Waals surface area contributed by atoms with Crippen molar-refractivity contribution in [2.24, 2.45) is 5.10 Å². The number of carbonyl (C=O) groups excluding carboxylic acids is 3. The van der Waals surface area contributed by atoms with Crippen LogP contribution in [0.1, 0.15) is 29.2 Å². The molecule has 0 bridgehead atoms. The molecule has 0 aliphatic heterocycles. The van der Waals surface area contributed by atoms with Crippen LogP contribution in [0.3, 0.4) is 0 Å². The average Bonchev–Trinajstić information content (AvgIpc) is 2.86. The highest BCUT2D eigenvalue weighted by atomic mass is 16.5. The summed E-state index contributed by atoms with van der Waals surface area (Å²) < 4.78 is 11.0. The van der Waals surface area contributed by atoms with Crippen molar-refractivity contribution in [2.45, 2.75) is 27.7 Å². The number of anilines is 2. The van der Waals surface area contributed by atoms with E-state index in [0.29, 0.717) is 29.4 Å². The minimum atomic E-state index is -0.937. The lowest BCUT2D eigenvalue weighted by Crippen LogP contribution is -2.32. The minimum absolute atomic E-state index is 0.173. The number of benzene rings is 3. The zero-order chi connectivity index (χ0) is 26.8. The van der Waals surface area contributed by atoms with Gasteiger partial charge in [-0.1, -0.05) is 42.0 Å². The third-order valence-electron chi connectivity index (χ3n) is 5.19. The maximum absolute atomic E-state index is 12.4. The van der Waals surface area contributed by atoms with Crippen molar-refractivity contribution in [1.29, 1.82) is 0 Å². The Morgan fingerprint density at radius 3 is 2.32 bits per heavy atom. The van der Waals surface area contributed by atoms with Crippen molar-refractivity contribution in [3.8, 4) is 11.5 Å². The van der Waals surface area contributed by atoms with E-state index in [4.69, 9.17) is 9.47 Å². The summed E-state index contributed by atoms with van der Waals surface area (Å²) in [5, 5.41) is 9.22. The molecular weight excluding hydrogens is 472 g/mol. The van der Waals surface area contributed by atoms with E-state index < -0.39 is 11.8 Å². The number of hydrogen-bond donors (Lipinski definition) is 3. The first-order valence-corrected chi connectivity index (χ1v) is 11.7. The van der Waals surface area contributed by atoms with E-state index >= 15 is 0 Å². The van der Waals surface area contributed by atoms with Crippen LogP contribution in [0.5, 0.6) is 11.5 Å². The normalized spacial score (nSPS) is 10.6. The summed E-state index contributed by atoms with van der Waals surface area (Å²) in [6, 6.07) is 17.6. The second-order valence-corrected chi connectivity index (χ2v) is 8.27. The van der Waals surface area contributed by atoms with Gasteiger partial charge in [0.25, 0.3) is 5.91 Å². The second kappa shape index (κ2) is 12.9. The summed E-state index contributed by atoms with van der Waals surface area (Å²) in [6.07, 6.45) is 1.37. The predicted molar refractivity (Wildman–Crippen MR) is 143 cm³/mol. The lowest BCUT2D eigenvalue weighted by Gasteiger charge is -2.13. The minimum Gasteiger partial charge on any atom is -0.492 e. The third-order valence-corrected chi connectivity index (χ3v) is 5.19. The second-order valence-electron chi connectivity index (χ2n) is 8.27. The summed E-state index contributed by atoms with van der Waals surface area (Å²) in [5.74, 6) is -1.18. The van der Waals surface area contributed by atoms with Gasteiger partial charge in [0.1, 0.15) is 11.5 Å². The highest BCUT2D eigenvalue weighted by Crippen LogP contribution is 2.24. The molecule has 0 aromatic heterocycles. The van der Waals surface area contributed by atoms with Crippen LogP contribution in [-0.4, -0.2) is 37.1 Å². The number of hydrogen-bond acceptors (Lipinski definition) is 6. The highest BCUT2D eigenvalue weighted by Gasteiger charge is 2.15. The van der Waals surface area contributed by atoms with Crippen molar-refractivity contribution in [1.82, 2.24) is 5.43 Å². The average molecular weight is 503 g/mol. The van der Waals surface area contributed by atoms with Gasteiger partial charge < -0.3 is 20.1 Å². The van der Waals surface area contributed by atoms with Crippen molar-refractivity contribution >= 4 is 35.3 Å². The van der Waals surface area contributed by atoms with Crippen molar-refractivity contribution in [3.05, 3.63) is 82.9 Å². The zero-order valence-corrected chi connectivity index (χ0v) is 21.3. The lowest BCUT2D eigenvalue weighted by atomic mass is 10.1. The van der Waals surface area contributed by atoms with Gasteiger partial charge in [0.2, 0.25) is 0 Å². The molecule has 3 amide bonds. The fourth-order valence-corrected chi connectivity index (χ4v) is 3.63. The monoisotopic (exact) mass is 502 g/mol. The predicted octanol–water partition coefficient (Wildman–Crippen LogP) is 4.12. The maximum Gasteiger partial charge on any atom is 0.329 e. The number of ether oxygens (including phenoxy) is 2. The van der Waals surface area contributed by atoms with Gasteiger partial charge in [-0.2, -0.15) is 5.10 Å². The summed E-state index contributed by atoms with van der Waals surface area (Å²) in [6.45, 7) is 7.97. The van der Waals surface area contributed by atoms with E-state index in [-0.39, 0.29) is 12.5 Å². The van der Waals surface area contributed by atoms with Gasteiger partial charge in [-0.15, -0.1) is 0 Å². The van der Waals surface area contributed by atoms with E-state index in [0.717, 1.165) is 22.4 Å². The summed E-state index contributed by atoms with van der Waals surface area (Å²) in [5.41, 5.74) is 7.05. The molecule has 0 fully saturated rings. The topological polar surface area (TPSA) is 118 Å². The van der Waals surface area contributed by atoms with Crippen LogP contribution in [0.25, 0.3) is 0 Å². The van der Waals surface area contributed by atoms with Crippen molar-refractivity contribution in [3.63, 3.8) is 0 Å². The number of nitrogens with zero attached hydrogens (tertiary/aromatic N) is 1.